The van der Waals surface area contributed by atoms with E-state index in [0.717, 1.165) is 44.5 Å². The summed E-state index contributed by atoms with van der Waals surface area (Å²) >= 11 is 0. The van der Waals surface area contributed by atoms with E-state index in [2.05, 4.69) is 21.2 Å². The number of nitrogens with one attached hydrogen (secondary N) is 1. The SMILES string of the molecule is Cc1n[nH]c2ccc(-c3cncc(OC[C@@H](N)Cc4cc5ccccc5o4)c3)cc12. The van der Waals surface area contributed by atoms with E-state index in [1.807, 2.05) is 61.7 Å². The molecule has 0 saturated carbocycles. The van der Waals surface area contributed by atoms with Crippen LogP contribution in [0, 0.1) is 6.92 Å². The summed E-state index contributed by atoms with van der Waals surface area (Å²) in [6.45, 7) is 2.37. The molecule has 30 heavy (non-hydrogen) atoms. The van der Waals surface area contributed by atoms with Crippen LogP contribution in [0.1, 0.15) is 11.5 Å². The van der Waals surface area contributed by atoms with Gasteiger partial charge in [0.2, 0.25) is 0 Å². The van der Waals surface area contributed by atoms with Crippen LogP contribution in [0.4, 0.5) is 0 Å². The van der Waals surface area contributed by atoms with Crippen LogP contribution in [0.15, 0.2) is 71.4 Å². The number of aromatic nitrogens is 3. The van der Waals surface area contributed by atoms with E-state index in [1.54, 1.807) is 6.20 Å². The van der Waals surface area contributed by atoms with E-state index in [-0.39, 0.29) is 6.04 Å². The lowest BCUT2D eigenvalue weighted by atomic mass is 10.0. The zero-order valence-electron chi connectivity index (χ0n) is 16.6. The average molecular weight is 398 g/mol. The molecule has 5 aromatic rings. The number of nitrogens with two attached hydrogens (primary N) is 1. The van der Waals surface area contributed by atoms with Gasteiger partial charge in [0.15, 0.2) is 0 Å². The fourth-order valence-electron chi connectivity index (χ4n) is 3.64. The zero-order valence-corrected chi connectivity index (χ0v) is 16.6. The van der Waals surface area contributed by atoms with Crippen LogP contribution in [0.25, 0.3) is 33.0 Å². The number of aryl methyl sites for hydroxylation is 1. The van der Waals surface area contributed by atoms with Gasteiger partial charge in [-0.05, 0) is 42.8 Å². The lowest BCUT2D eigenvalue weighted by molar-refractivity contribution is 0.282. The number of hydrogen-bond acceptors (Lipinski definition) is 5. The van der Waals surface area contributed by atoms with Gasteiger partial charge in [0, 0.05) is 35.0 Å². The summed E-state index contributed by atoms with van der Waals surface area (Å²) < 4.78 is 11.8. The lowest BCUT2D eigenvalue weighted by Gasteiger charge is -2.12. The van der Waals surface area contributed by atoms with Gasteiger partial charge >= 0.3 is 0 Å². The number of hydrogen-bond donors (Lipinski definition) is 2. The maximum atomic E-state index is 6.28. The highest BCUT2D eigenvalue weighted by Gasteiger charge is 2.11. The number of aromatic amines is 1. The Balaban J connectivity index is 1.27. The highest BCUT2D eigenvalue weighted by Crippen LogP contribution is 2.27. The zero-order chi connectivity index (χ0) is 20.5. The Kier molecular flexibility index (Phi) is 4.69. The number of pyridine rings is 1. The number of para-hydroxylation sites is 1. The average Bonchev–Trinajstić information content (AvgIpc) is 3.35. The smallest absolute Gasteiger partial charge is 0.138 e. The lowest BCUT2D eigenvalue weighted by Crippen LogP contribution is -2.30. The molecule has 0 unspecified atom stereocenters. The van der Waals surface area contributed by atoms with Crippen molar-refractivity contribution in [1.29, 1.82) is 0 Å². The Morgan fingerprint density at radius 1 is 1.07 bits per heavy atom. The number of rotatable bonds is 6. The number of furan rings is 1. The van der Waals surface area contributed by atoms with Gasteiger partial charge in [0.25, 0.3) is 0 Å². The van der Waals surface area contributed by atoms with Crippen molar-refractivity contribution in [3.8, 4) is 16.9 Å². The third-order valence-corrected chi connectivity index (χ3v) is 5.20. The minimum atomic E-state index is -0.181. The van der Waals surface area contributed by atoms with E-state index < -0.39 is 0 Å². The van der Waals surface area contributed by atoms with Gasteiger partial charge in [-0.15, -0.1) is 0 Å². The van der Waals surface area contributed by atoms with Crippen LogP contribution in [-0.4, -0.2) is 27.8 Å². The highest BCUT2D eigenvalue weighted by atomic mass is 16.5. The third-order valence-electron chi connectivity index (χ3n) is 5.20. The summed E-state index contributed by atoms with van der Waals surface area (Å²) in [6.07, 6.45) is 4.15. The summed E-state index contributed by atoms with van der Waals surface area (Å²) in [4.78, 5) is 4.33. The van der Waals surface area contributed by atoms with Crippen molar-refractivity contribution in [3.05, 3.63) is 78.4 Å². The first-order valence-corrected chi connectivity index (χ1v) is 9.92. The molecule has 0 aliphatic heterocycles. The molecule has 2 aromatic carbocycles. The highest BCUT2D eigenvalue weighted by molar-refractivity contribution is 5.86. The molecule has 6 heteroatoms. The van der Waals surface area contributed by atoms with Crippen LogP contribution < -0.4 is 10.5 Å². The monoisotopic (exact) mass is 398 g/mol. The van der Waals surface area contributed by atoms with Crippen LogP contribution in [0.3, 0.4) is 0 Å². The van der Waals surface area contributed by atoms with Gasteiger partial charge in [-0.1, -0.05) is 24.3 Å². The van der Waals surface area contributed by atoms with Crippen LogP contribution >= 0.6 is 0 Å². The Bertz CT molecular complexity index is 1290. The van der Waals surface area contributed by atoms with E-state index in [0.29, 0.717) is 18.8 Å². The van der Waals surface area contributed by atoms with Crippen molar-refractivity contribution in [2.75, 3.05) is 6.61 Å². The van der Waals surface area contributed by atoms with Crippen molar-refractivity contribution in [1.82, 2.24) is 15.2 Å². The molecule has 5 rings (SSSR count). The molecule has 0 bridgehead atoms. The van der Waals surface area contributed by atoms with Gasteiger partial charge in [-0.25, -0.2) is 0 Å². The molecular formula is C24H22N4O2. The second-order valence-corrected chi connectivity index (χ2v) is 7.50. The first-order chi connectivity index (χ1) is 14.7. The molecule has 3 aromatic heterocycles. The summed E-state index contributed by atoms with van der Waals surface area (Å²) in [5, 5.41) is 9.47. The maximum absolute atomic E-state index is 6.28. The minimum absolute atomic E-state index is 0.181. The standard InChI is InChI=1S/C24H22N4O2/c1-15-22-10-16(6-7-23(22)28-27-15)18-9-21(13-26-12-18)29-14-19(25)11-20-8-17-4-2-3-5-24(17)30-20/h2-10,12-13,19H,11,14,25H2,1H3,(H,27,28)/t19-/m0/s1. The van der Waals surface area contributed by atoms with E-state index in [1.165, 1.54) is 0 Å². The van der Waals surface area contributed by atoms with E-state index in [4.69, 9.17) is 14.9 Å². The molecule has 0 radical (unpaired) electrons. The molecule has 3 heterocycles. The molecule has 0 fully saturated rings. The molecule has 0 aliphatic carbocycles. The second-order valence-electron chi connectivity index (χ2n) is 7.50. The van der Waals surface area contributed by atoms with Gasteiger partial charge in [0.1, 0.15) is 23.7 Å². The fourth-order valence-corrected chi connectivity index (χ4v) is 3.64. The largest absolute Gasteiger partial charge is 0.490 e. The molecule has 0 amide bonds. The van der Waals surface area contributed by atoms with Crippen molar-refractivity contribution in [3.63, 3.8) is 0 Å². The third kappa shape index (κ3) is 3.65. The minimum Gasteiger partial charge on any atom is -0.490 e. The Morgan fingerprint density at radius 2 is 1.97 bits per heavy atom. The molecule has 3 N–H and O–H groups in total. The van der Waals surface area contributed by atoms with Crippen LogP contribution in [0.5, 0.6) is 5.75 Å². The number of benzene rings is 2. The van der Waals surface area contributed by atoms with Crippen molar-refractivity contribution >= 4 is 21.9 Å². The first kappa shape index (κ1) is 18.4. The predicted octanol–water partition coefficient (Wildman–Crippen LogP) is 4.63. The molecular weight excluding hydrogens is 376 g/mol. The normalized spacial score (nSPS) is 12.5. The van der Waals surface area contributed by atoms with Crippen molar-refractivity contribution in [2.45, 2.75) is 19.4 Å². The number of H-pyrrole nitrogens is 1. The maximum Gasteiger partial charge on any atom is 0.138 e. The van der Waals surface area contributed by atoms with Crippen LogP contribution in [-0.2, 0) is 6.42 Å². The predicted molar refractivity (Wildman–Crippen MR) is 117 cm³/mol. The second kappa shape index (κ2) is 7.65. The van der Waals surface area contributed by atoms with Crippen molar-refractivity contribution < 1.29 is 9.15 Å². The van der Waals surface area contributed by atoms with Crippen LogP contribution in [0.2, 0.25) is 0 Å². The van der Waals surface area contributed by atoms with Gasteiger partial charge in [-0.3, -0.25) is 10.1 Å². The summed E-state index contributed by atoms with van der Waals surface area (Å²) in [5.41, 5.74) is 11.2. The van der Waals surface area contributed by atoms with E-state index >= 15 is 0 Å². The Labute approximate surface area is 173 Å². The van der Waals surface area contributed by atoms with Gasteiger partial charge in [0.05, 0.1) is 17.4 Å². The molecule has 0 aliphatic rings. The first-order valence-electron chi connectivity index (χ1n) is 9.92. The summed E-state index contributed by atoms with van der Waals surface area (Å²) in [7, 11) is 0. The van der Waals surface area contributed by atoms with E-state index in [9.17, 15) is 0 Å². The van der Waals surface area contributed by atoms with Gasteiger partial charge in [-0.2, -0.15) is 5.10 Å². The Morgan fingerprint density at radius 3 is 2.87 bits per heavy atom. The van der Waals surface area contributed by atoms with Gasteiger partial charge < -0.3 is 14.9 Å². The topological polar surface area (TPSA) is 90.0 Å². The fraction of sp³-hybridized carbons (Fsp3) is 0.167. The summed E-state index contributed by atoms with van der Waals surface area (Å²) in [5.74, 6) is 1.56. The molecule has 0 saturated heterocycles. The number of nitrogens with zero attached hydrogens (tertiary/aromatic N) is 2. The number of ether oxygens (including phenoxy) is 1. The summed E-state index contributed by atoms with van der Waals surface area (Å²) in [6, 6.07) is 18.0. The number of fused-ring (bicyclic) bond motifs is 2. The Hall–Kier alpha value is -3.64. The quantitative estimate of drug-likeness (QED) is 0.435. The molecule has 1 atom stereocenters. The molecule has 0 spiro atoms. The van der Waals surface area contributed by atoms with Crippen molar-refractivity contribution in [2.24, 2.45) is 5.73 Å². The molecule has 6 nitrogen and oxygen atoms in total. The molecule has 150 valence electrons.